The maximum absolute atomic E-state index is 11.7. The number of nitrogens with zero attached hydrogens (tertiary/aromatic N) is 4. The van der Waals surface area contributed by atoms with Gasteiger partial charge in [-0.05, 0) is 12.8 Å². The van der Waals surface area contributed by atoms with Crippen molar-refractivity contribution < 1.29 is 17.5 Å². The normalized spacial score (nSPS) is 28.1. The molecule has 17 heavy (non-hydrogen) atoms. The van der Waals surface area contributed by atoms with Gasteiger partial charge >= 0.3 is 16.3 Å². The van der Waals surface area contributed by atoms with Crippen molar-refractivity contribution in [1.29, 1.82) is 5.26 Å². The summed E-state index contributed by atoms with van der Waals surface area (Å²) in [5.74, 6) is 0. The van der Waals surface area contributed by atoms with E-state index in [0.29, 0.717) is 17.9 Å². The van der Waals surface area contributed by atoms with Gasteiger partial charge in [0.25, 0.3) is 0 Å². The van der Waals surface area contributed by atoms with Crippen LogP contribution in [0, 0.1) is 16.2 Å². The van der Waals surface area contributed by atoms with Crippen molar-refractivity contribution in [1.82, 2.24) is 9.96 Å². The number of piperidine rings is 1. The Morgan fingerprint density at radius 2 is 2.18 bits per heavy atom. The van der Waals surface area contributed by atoms with Gasteiger partial charge in [-0.1, -0.05) is 0 Å². The molecule has 2 amide bonds. The van der Waals surface area contributed by atoms with Crippen molar-refractivity contribution in [2.75, 3.05) is 6.54 Å². The van der Waals surface area contributed by atoms with Crippen LogP contribution in [0.4, 0.5) is 4.79 Å². The molecular weight excluding hydrogens is 252 g/mol. The van der Waals surface area contributed by atoms with E-state index in [1.54, 1.807) is 4.58 Å². The number of hydroxylamine groups is 2. The molecule has 2 fully saturated rings. The van der Waals surface area contributed by atoms with Crippen LogP contribution in [0.15, 0.2) is 4.58 Å². The predicted octanol–water partition coefficient (Wildman–Crippen LogP) is -0.279. The van der Waals surface area contributed by atoms with Gasteiger partial charge < -0.3 is 4.90 Å². The van der Waals surface area contributed by atoms with Crippen LogP contribution in [0.2, 0.25) is 0 Å². The molecule has 2 rings (SSSR count). The van der Waals surface area contributed by atoms with Gasteiger partial charge in [0.15, 0.2) is 0 Å². The van der Waals surface area contributed by atoms with E-state index < -0.39 is 28.4 Å². The summed E-state index contributed by atoms with van der Waals surface area (Å²) in [7, 11) is -4.63. The third kappa shape index (κ3) is 1.94. The van der Waals surface area contributed by atoms with E-state index in [4.69, 9.17) is 5.26 Å². The molecule has 2 aliphatic rings. The number of hydrogen-bond acceptors (Lipinski definition) is 6. The lowest BCUT2D eigenvalue weighted by atomic mass is 10.0. The van der Waals surface area contributed by atoms with Crippen molar-refractivity contribution in [2.45, 2.75) is 24.9 Å². The molecule has 0 unspecified atom stereocenters. The number of nitroso groups, excluding NO2 is 1. The Morgan fingerprint density at radius 3 is 2.76 bits per heavy atom. The van der Waals surface area contributed by atoms with E-state index in [-0.39, 0.29) is 6.54 Å². The average Bonchev–Trinajstić information content (AvgIpc) is 2.55. The first-order chi connectivity index (χ1) is 7.98. The van der Waals surface area contributed by atoms with Crippen molar-refractivity contribution in [2.24, 2.45) is 4.58 Å². The molecule has 9 nitrogen and oxygen atoms in total. The molecule has 92 valence electrons. The summed E-state index contributed by atoms with van der Waals surface area (Å²) in [4.78, 5) is 22.9. The first-order valence-corrected chi connectivity index (χ1v) is 6.13. The van der Waals surface area contributed by atoms with Gasteiger partial charge in [-0.3, -0.25) is 0 Å². The van der Waals surface area contributed by atoms with Crippen LogP contribution < -0.4 is 0 Å². The Bertz CT molecular complexity index is 497. The van der Waals surface area contributed by atoms with Crippen molar-refractivity contribution in [3.63, 3.8) is 0 Å². The van der Waals surface area contributed by atoms with Gasteiger partial charge in [-0.15, -0.1) is 9.19 Å². The smallest absolute Gasteiger partial charge is 0.305 e. The van der Waals surface area contributed by atoms with Crippen LogP contribution in [0.5, 0.6) is 0 Å². The van der Waals surface area contributed by atoms with Crippen LogP contribution in [0.25, 0.3) is 0 Å². The van der Waals surface area contributed by atoms with Gasteiger partial charge in [-0.25, -0.2) is 4.79 Å². The Labute approximate surface area is 96.7 Å². The molecule has 0 spiro atoms. The van der Waals surface area contributed by atoms with E-state index in [9.17, 15) is 18.1 Å². The second-order valence-electron chi connectivity index (χ2n) is 3.71. The molecule has 0 aromatic carbocycles. The number of hydrogen-bond donors (Lipinski definition) is 0. The average molecular weight is 260 g/mol. The lowest BCUT2D eigenvalue weighted by molar-refractivity contribution is -0.0214. The molecule has 2 saturated heterocycles. The van der Waals surface area contributed by atoms with Crippen molar-refractivity contribution >= 4 is 16.3 Å². The summed E-state index contributed by atoms with van der Waals surface area (Å²) in [5, 5.41) is 9.41. The molecule has 0 radical (unpaired) electrons. The Morgan fingerprint density at radius 1 is 1.47 bits per heavy atom. The van der Waals surface area contributed by atoms with Crippen LogP contribution in [-0.4, -0.2) is 43.0 Å². The number of fused-ring (bicyclic) bond motifs is 2. The van der Waals surface area contributed by atoms with E-state index in [0.717, 1.165) is 0 Å². The first-order valence-electron chi connectivity index (χ1n) is 4.77. The monoisotopic (exact) mass is 260 g/mol. The van der Waals surface area contributed by atoms with Crippen LogP contribution in [0.1, 0.15) is 12.8 Å². The zero-order chi connectivity index (χ0) is 12.6. The fraction of sp³-hybridized carbons (Fsp3) is 0.714. The summed E-state index contributed by atoms with van der Waals surface area (Å²) in [6.45, 7) is 0.214. The minimum atomic E-state index is -4.63. The zero-order valence-electron chi connectivity index (χ0n) is 8.51. The second-order valence-corrected chi connectivity index (χ2v) is 4.87. The molecular formula is C7H8N4O5S. The summed E-state index contributed by atoms with van der Waals surface area (Å²) < 4.78 is 27.8. The largest absolute Gasteiger partial charge is 0.436 e. The number of amides is 2. The van der Waals surface area contributed by atoms with E-state index in [1.165, 1.54) is 4.90 Å². The third-order valence-electron chi connectivity index (χ3n) is 2.74. The molecule has 2 heterocycles. The number of nitriles is 1. The van der Waals surface area contributed by atoms with E-state index in [2.05, 4.69) is 4.28 Å². The second kappa shape index (κ2) is 3.94. The lowest BCUT2D eigenvalue weighted by Gasteiger charge is -2.24. The molecule has 2 atom stereocenters. The van der Waals surface area contributed by atoms with Crippen LogP contribution >= 0.6 is 0 Å². The molecule has 0 aliphatic carbocycles. The number of urea groups is 1. The Hall–Kier alpha value is -1.73. The third-order valence-corrected chi connectivity index (χ3v) is 3.27. The van der Waals surface area contributed by atoms with Crippen LogP contribution in [0.3, 0.4) is 0 Å². The molecule has 0 aromatic heterocycles. The highest BCUT2D eigenvalue weighted by Gasteiger charge is 2.47. The van der Waals surface area contributed by atoms with Gasteiger partial charge in [0.1, 0.15) is 6.04 Å². The summed E-state index contributed by atoms with van der Waals surface area (Å²) in [5.41, 5.74) is 0. The van der Waals surface area contributed by atoms with Crippen LogP contribution in [-0.2, 0) is 14.6 Å². The number of carbonyl (C=O) groups excluding carboxylic acids is 1. The first kappa shape index (κ1) is 11.7. The standard InChI is InChI=1S/C7H8N4O5S/c8-3-5-1-2-6-4-10(5)7(12)11(6)16-17(14,15)9-13/h5-6H,1-2,4H2/t5-,6+/m0/s1. The SMILES string of the molecule is N#C[C@@H]1CC[C@@H]2CN1C(=O)N2OS(=O)(=O)N=O. The molecule has 2 bridgehead atoms. The Balaban J connectivity index is 2.20. The minimum Gasteiger partial charge on any atom is -0.305 e. The van der Waals surface area contributed by atoms with Gasteiger partial charge in [0, 0.05) is 6.54 Å². The minimum absolute atomic E-state index is 0.214. The number of carbonyl (C=O) groups is 1. The van der Waals surface area contributed by atoms with Gasteiger partial charge in [-0.2, -0.15) is 18.7 Å². The highest BCUT2D eigenvalue weighted by atomic mass is 32.2. The Kier molecular flexibility index (Phi) is 2.72. The van der Waals surface area contributed by atoms with E-state index in [1.807, 2.05) is 6.07 Å². The maximum atomic E-state index is 11.7. The quantitative estimate of drug-likeness (QED) is 0.643. The highest BCUT2D eigenvalue weighted by molar-refractivity contribution is 7.85. The summed E-state index contributed by atoms with van der Waals surface area (Å²) >= 11 is 0. The zero-order valence-corrected chi connectivity index (χ0v) is 9.33. The molecule has 0 N–H and O–H groups in total. The predicted molar refractivity (Wildman–Crippen MR) is 52.2 cm³/mol. The summed E-state index contributed by atoms with van der Waals surface area (Å²) in [6.07, 6.45) is 0.885. The van der Waals surface area contributed by atoms with Crippen molar-refractivity contribution in [3.8, 4) is 6.07 Å². The fourth-order valence-corrected chi connectivity index (χ4v) is 2.39. The van der Waals surface area contributed by atoms with Gasteiger partial charge in [0.05, 0.1) is 16.7 Å². The molecule has 0 aromatic rings. The topological polar surface area (TPSA) is 120 Å². The summed E-state index contributed by atoms with van der Waals surface area (Å²) in [6, 6.07) is 0.164. The van der Waals surface area contributed by atoms with E-state index >= 15 is 0 Å². The maximum Gasteiger partial charge on any atom is 0.436 e. The molecule has 2 aliphatic heterocycles. The highest BCUT2D eigenvalue weighted by Crippen LogP contribution is 2.30. The number of rotatable bonds is 3. The van der Waals surface area contributed by atoms with Gasteiger partial charge in [0.2, 0.25) is 0 Å². The molecule has 0 saturated carbocycles. The lowest BCUT2D eigenvalue weighted by Crippen LogP contribution is -2.38. The fourth-order valence-electron chi connectivity index (χ4n) is 1.98. The molecule has 10 heteroatoms. The van der Waals surface area contributed by atoms with Crippen molar-refractivity contribution in [3.05, 3.63) is 4.91 Å².